The molecule has 0 radical (unpaired) electrons. The molecule has 2 heterocycles. The summed E-state index contributed by atoms with van der Waals surface area (Å²) in [5.41, 5.74) is 1.85. The van der Waals surface area contributed by atoms with Crippen molar-refractivity contribution in [1.29, 1.82) is 0 Å². The Kier molecular flexibility index (Phi) is 7.77. The van der Waals surface area contributed by atoms with Gasteiger partial charge >= 0.3 is 0 Å². The summed E-state index contributed by atoms with van der Waals surface area (Å²) >= 11 is 0. The minimum Gasteiger partial charge on any atom is -0.379 e. The predicted molar refractivity (Wildman–Crippen MR) is 110 cm³/mol. The molecule has 7 nitrogen and oxygen atoms in total. The summed E-state index contributed by atoms with van der Waals surface area (Å²) < 4.78 is 5.31. The van der Waals surface area contributed by atoms with Crippen LogP contribution in [-0.2, 0) is 20.7 Å². The van der Waals surface area contributed by atoms with Crippen molar-refractivity contribution in [3.63, 3.8) is 0 Å². The molecule has 0 aliphatic carbocycles. The highest BCUT2D eigenvalue weighted by Crippen LogP contribution is 2.11. The fraction of sp³-hybridized carbons (Fsp3) is 0.591. The van der Waals surface area contributed by atoms with Crippen LogP contribution in [0.25, 0.3) is 0 Å². The summed E-state index contributed by atoms with van der Waals surface area (Å²) in [6.45, 7) is 7.61. The number of aryl methyl sites for hydroxylation is 1. The van der Waals surface area contributed by atoms with Gasteiger partial charge in [-0.3, -0.25) is 19.3 Å². The zero-order valence-corrected chi connectivity index (χ0v) is 17.3. The normalized spacial score (nSPS) is 18.0. The number of benzene rings is 1. The molecule has 2 amide bonds. The van der Waals surface area contributed by atoms with Crippen molar-refractivity contribution >= 4 is 17.6 Å². The van der Waals surface area contributed by atoms with Crippen molar-refractivity contribution in [2.24, 2.45) is 0 Å². The lowest BCUT2D eigenvalue weighted by atomic mass is 10.0. The highest BCUT2D eigenvalue weighted by Gasteiger charge is 2.25. The number of ketones is 1. The van der Waals surface area contributed by atoms with Crippen LogP contribution in [0.3, 0.4) is 0 Å². The molecule has 0 bridgehead atoms. The fourth-order valence-corrected chi connectivity index (χ4v) is 3.71. The number of amides is 2. The number of carbonyl (C=O) groups is 3. The van der Waals surface area contributed by atoms with Gasteiger partial charge in [-0.2, -0.15) is 0 Å². The second-order valence-corrected chi connectivity index (χ2v) is 7.62. The summed E-state index contributed by atoms with van der Waals surface area (Å²) in [5.74, 6) is 0.105. The van der Waals surface area contributed by atoms with Gasteiger partial charge in [0.1, 0.15) is 0 Å². The van der Waals surface area contributed by atoms with Crippen LogP contribution in [0.4, 0.5) is 0 Å². The number of hydrogen-bond donors (Lipinski definition) is 0. The maximum Gasteiger partial charge on any atom is 0.236 e. The second-order valence-electron chi connectivity index (χ2n) is 7.62. The average molecular weight is 402 g/mol. The van der Waals surface area contributed by atoms with Gasteiger partial charge in [0.25, 0.3) is 0 Å². The molecule has 2 aliphatic heterocycles. The molecular formula is C22H31N3O4. The van der Waals surface area contributed by atoms with Crippen molar-refractivity contribution in [2.45, 2.75) is 26.2 Å². The number of Topliss-reactive ketones (excluding diaryl/α,β-unsaturated/α-hetero) is 1. The lowest BCUT2D eigenvalue weighted by Crippen LogP contribution is -2.53. The molecule has 0 atom stereocenters. The zero-order valence-electron chi connectivity index (χ0n) is 17.3. The highest BCUT2D eigenvalue weighted by atomic mass is 16.5. The van der Waals surface area contributed by atoms with Crippen LogP contribution in [0.5, 0.6) is 0 Å². The van der Waals surface area contributed by atoms with Gasteiger partial charge in [-0.1, -0.05) is 31.2 Å². The Morgan fingerprint density at radius 3 is 2.00 bits per heavy atom. The van der Waals surface area contributed by atoms with Crippen LogP contribution in [0.2, 0.25) is 0 Å². The van der Waals surface area contributed by atoms with Crippen molar-refractivity contribution in [1.82, 2.24) is 14.7 Å². The first-order valence-corrected chi connectivity index (χ1v) is 10.5. The molecule has 1 aromatic rings. The van der Waals surface area contributed by atoms with Crippen molar-refractivity contribution in [3.8, 4) is 0 Å². The lowest BCUT2D eigenvalue weighted by Gasteiger charge is -2.36. The molecule has 3 rings (SSSR count). The van der Waals surface area contributed by atoms with E-state index in [9.17, 15) is 14.4 Å². The third-order valence-corrected chi connectivity index (χ3v) is 5.70. The van der Waals surface area contributed by atoms with E-state index in [0.717, 1.165) is 19.5 Å². The minimum atomic E-state index is -0.0104. The lowest BCUT2D eigenvalue weighted by molar-refractivity contribution is -0.140. The third kappa shape index (κ3) is 6.11. The number of piperazine rings is 1. The summed E-state index contributed by atoms with van der Waals surface area (Å²) in [5, 5.41) is 0. The predicted octanol–water partition coefficient (Wildman–Crippen LogP) is 1.21. The van der Waals surface area contributed by atoms with Gasteiger partial charge < -0.3 is 14.5 Å². The Hall–Kier alpha value is -2.25. The van der Waals surface area contributed by atoms with E-state index in [-0.39, 0.29) is 30.4 Å². The van der Waals surface area contributed by atoms with Crippen LogP contribution < -0.4 is 0 Å². The first-order chi connectivity index (χ1) is 14.1. The van der Waals surface area contributed by atoms with Crippen LogP contribution in [0.1, 0.15) is 35.7 Å². The summed E-state index contributed by atoms with van der Waals surface area (Å²) in [6, 6.07) is 7.60. The zero-order chi connectivity index (χ0) is 20.6. The van der Waals surface area contributed by atoms with Crippen LogP contribution >= 0.6 is 0 Å². The van der Waals surface area contributed by atoms with E-state index >= 15 is 0 Å². The van der Waals surface area contributed by atoms with E-state index in [1.54, 1.807) is 4.90 Å². The number of ether oxygens (including phenoxy) is 1. The molecule has 0 aromatic heterocycles. The van der Waals surface area contributed by atoms with Gasteiger partial charge in [0.15, 0.2) is 5.78 Å². The van der Waals surface area contributed by atoms with Crippen LogP contribution in [0, 0.1) is 0 Å². The quantitative estimate of drug-likeness (QED) is 0.643. The highest BCUT2D eigenvalue weighted by molar-refractivity contribution is 5.98. The topological polar surface area (TPSA) is 70.2 Å². The largest absolute Gasteiger partial charge is 0.379 e. The van der Waals surface area contributed by atoms with E-state index in [1.165, 1.54) is 5.56 Å². The third-order valence-electron chi connectivity index (χ3n) is 5.70. The molecular weight excluding hydrogens is 370 g/mol. The molecule has 7 heteroatoms. The van der Waals surface area contributed by atoms with Crippen LogP contribution in [0.15, 0.2) is 24.3 Å². The monoisotopic (exact) mass is 401 g/mol. The Bertz CT molecular complexity index is 705. The average Bonchev–Trinajstić information content (AvgIpc) is 2.78. The van der Waals surface area contributed by atoms with Crippen molar-refractivity contribution in [3.05, 3.63) is 35.4 Å². The number of nitrogens with zero attached hydrogens (tertiary/aromatic N) is 3. The van der Waals surface area contributed by atoms with Crippen molar-refractivity contribution < 1.29 is 19.1 Å². The molecule has 0 saturated carbocycles. The Balaban J connectivity index is 1.38. The summed E-state index contributed by atoms with van der Waals surface area (Å²) in [4.78, 5) is 43.0. The number of hydrogen-bond acceptors (Lipinski definition) is 5. The van der Waals surface area contributed by atoms with E-state index in [1.807, 2.05) is 29.2 Å². The molecule has 158 valence electrons. The second kappa shape index (κ2) is 10.5. The smallest absolute Gasteiger partial charge is 0.236 e. The maximum atomic E-state index is 12.5. The van der Waals surface area contributed by atoms with E-state index < -0.39 is 0 Å². The van der Waals surface area contributed by atoms with Gasteiger partial charge in [-0.05, 0) is 12.0 Å². The standard InChI is InChI=1S/C22H31N3O4/c1-2-18-3-5-19(6-4-18)20(26)7-8-21(27)24-9-11-25(12-10-24)22(28)17-23-13-15-29-16-14-23/h3-6H,2,7-17H2,1H3. The van der Waals surface area contributed by atoms with Gasteiger partial charge in [-0.15, -0.1) is 0 Å². The molecule has 29 heavy (non-hydrogen) atoms. The summed E-state index contributed by atoms with van der Waals surface area (Å²) in [7, 11) is 0. The van der Waals surface area contributed by atoms with E-state index in [0.29, 0.717) is 51.5 Å². The molecule has 1 aromatic carbocycles. The first-order valence-electron chi connectivity index (χ1n) is 10.5. The molecule has 2 fully saturated rings. The van der Waals surface area contributed by atoms with Crippen molar-refractivity contribution in [2.75, 3.05) is 59.0 Å². The number of carbonyl (C=O) groups excluding carboxylic acids is 3. The Morgan fingerprint density at radius 2 is 1.41 bits per heavy atom. The van der Waals surface area contributed by atoms with E-state index in [2.05, 4.69) is 11.8 Å². The van der Waals surface area contributed by atoms with Gasteiger partial charge in [0.05, 0.1) is 19.8 Å². The fourth-order valence-electron chi connectivity index (χ4n) is 3.71. The molecule has 0 unspecified atom stereocenters. The molecule has 2 aliphatic rings. The van der Waals surface area contributed by atoms with Gasteiger partial charge in [-0.25, -0.2) is 0 Å². The maximum absolute atomic E-state index is 12.5. The molecule has 0 N–H and O–H groups in total. The summed E-state index contributed by atoms with van der Waals surface area (Å²) in [6.07, 6.45) is 1.38. The van der Waals surface area contributed by atoms with Gasteiger partial charge in [0.2, 0.25) is 11.8 Å². The Morgan fingerprint density at radius 1 is 0.828 bits per heavy atom. The SMILES string of the molecule is CCc1ccc(C(=O)CCC(=O)N2CCN(C(=O)CN3CCOCC3)CC2)cc1. The number of morpholine rings is 1. The molecule has 0 spiro atoms. The molecule has 2 saturated heterocycles. The number of rotatable bonds is 7. The minimum absolute atomic E-state index is 0.000304. The van der Waals surface area contributed by atoms with Gasteiger partial charge in [0, 0.05) is 57.7 Å². The Labute approximate surface area is 172 Å². The van der Waals surface area contributed by atoms with Crippen LogP contribution in [-0.4, -0.2) is 91.3 Å². The first kappa shape index (κ1) is 21.5. The van der Waals surface area contributed by atoms with E-state index in [4.69, 9.17) is 4.74 Å².